The quantitative estimate of drug-likeness (QED) is 0.777. The van der Waals surface area contributed by atoms with E-state index in [9.17, 15) is 26.4 Å². The molecule has 7 nitrogen and oxygen atoms in total. The van der Waals surface area contributed by atoms with Crippen molar-refractivity contribution in [2.24, 2.45) is 0 Å². The van der Waals surface area contributed by atoms with Crippen LogP contribution in [0.3, 0.4) is 0 Å². The Morgan fingerprint density at radius 2 is 1.83 bits per heavy atom. The first-order valence-corrected chi connectivity index (χ1v) is 8.75. The van der Waals surface area contributed by atoms with Crippen LogP contribution in [0.25, 0.3) is 0 Å². The number of alkyl halides is 3. The van der Waals surface area contributed by atoms with E-state index < -0.39 is 26.1 Å². The number of nitrogens with zero attached hydrogens (tertiary/aromatic N) is 2. The van der Waals surface area contributed by atoms with Crippen molar-refractivity contribution in [3.8, 4) is 0 Å². The molecule has 0 radical (unpaired) electrons. The summed E-state index contributed by atoms with van der Waals surface area (Å²) in [5.41, 5.74) is -0.955. The molecule has 0 aliphatic heterocycles. The van der Waals surface area contributed by atoms with E-state index in [1.807, 2.05) is 0 Å². The van der Waals surface area contributed by atoms with Gasteiger partial charge in [-0.3, -0.25) is 9.52 Å². The van der Waals surface area contributed by atoms with Crippen molar-refractivity contribution in [1.82, 2.24) is 10.2 Å². The number of aromatic nitrogens is 2. The summed E-state index contributed by atoms with van der Waals surface area (Å²) < 4.78 is 63.3. The van der Waals surface area contributed by atoms with Crippen molar-refractivity contribution in [2.75, 3.05) is 10.0 Å². The molecule has 24 heavy (non-hydrogen) atoms. The monoisotopic (exact) mass is 380 g/mol. The molecule has 2 rings (SSSR count). The van der Waals surface area contributed by atoms with Gasteiger partial charge in [-0.05, 0) is 24.3 Å². The third kappa shape index (κ3) is 4.41. The minimum absolute atomic E-state index is 0.00893. The van der Waals surface area contributed by atoms with E-state index in [2.05, 4.69) is 20.2 Å². The Labute approximate surface area is 139 Å². The zero-order valence-electron chi connectivity index (χ0n) is 12.1. The lowest BCUT2D eigenvalue weighted by Gasteiger charge is -2.08. The lowest BCUT2D eigenvalue weighted by molar-refractivity contribution is -0.137. The molecule has 0 saturated carbocycles. The maximum Gasteiger partial charge on any atom is 0.416 e. The normalized spacial score (nSPS) is 12.0. The molecule has 0 aliphatic rings. The van der Waals surface area contributed by atoms with Gasteiger partial charge in [0.1, 0.15) is 0 Å². The minimum atomic E-state index is -4.51. The van der Waals surface area contributed by atoms with E-state index >= 15 is 0 Å². The molecule has 2 aromatic rings. The minimum Gasteiger partial charge on any atom is -0.301 e. The molecule has 130 valence electrons. The summed E-state index contributed by atoms with van der Waals surface area (Å²) >= 11 is 0.626. The maximum absolute atomic E-state index is 12.5. The van der Waals surface area contributed by atoms with Crippen LogP contribution in [0.15, 0.2) is 28.6 Å². The van der Waals surface area contributed by atoms with Gasteiger partial charge in [-0.25, -0.2) is 0 Å². The van der Waals surface area contributed by atoms with Gasteiger partial charge in [0, 0.05) is 12.1 Å². The van der Waals surface area contributed by atoms with Crippen LogP contribution < -0.4 is 10.0 Å². The Morgan fingerprint density at radius 1 is 1.21 bits per heavy atom. The van der Waals surface area contributed by atoms with Gasteiger partial charge in [0.05, 0.1) is 5.56 Å². The Balaban J connectivity index is 2.15. The predicted octanol–water partition coefficient (Wildman–Crippen LogP) is 2.71. The van der Waals surface area contributed by atoms with Crippen LogP contribution in [0.5, 0.6) is 0 Å². The number of carbonyl (C=O) groups is 1. The zero-order valence-corrected chi connectivity index (χ0v) is 13.7. The smallest absolute Gasteiger partial charge is 0.301 e. The summed E-state index contributed by atoms with van der Waals surface area (Å²) in [7, 11) is -4.12. The topological polar surface area (TPSA) is 101 Å². The van der Waals surface area contributed by atoms with E-state index in [1.165, 1.54) is 0 Å². The van der Waals surface area contributed by atoms with Crippen molar-refractivity contribution in [1.29, 1.82) is 0 Å². The maximum atomic E-state index is 12.5. The van der Waals surface area contributed by atoms with Crippen LogP contribution in [-0.2, 0) is 21.0 Å². The van der Waals surface area contributed by atoms with E-state index in [-0.39, 0.29) is 23.1 Å². The first-order chi connectivity index (χ1) is 11.1. The van der Waals surface area contributed by atoms with Gasteiger partial charge in [0.15, 0.2) is 0 Å². The number of hydrogen-bond acceptors (Lipinski definition) is 6. The standard InChI is InChI=1S/C12H11F3N4O3S2/c1-2-9(20)16-10-17-18-11(23-10)24(21,22)19-8-5-3-7(4-6-8)12(13,14)15/h3-6,19H,2H2,1H3,(H,16,17,20). The summed E-state index contributed by atoms with van der Waals surface area (Å²) in [4.78, 5) is 11.2. The van der Waals surface area contributed by atoms with Gasteiger partial charge in [0.2, 0.25) is 11.0 Å². The Hall–Kier alpha value is -2.21. The molecule has 0 bridgehead atoms. The number of rotatable bonds is 5. The highest BCUT2D eigenvalue weighted by Gasteiger charge is 2.30. The fraction of sp³-hybridized carbons (Fsp3) is 0.250. The van der Waals surface area contributed by atoms with Crippen molar-refractivity contribution < 1.29 is 26.4 Å². The van der Waals surface area contributed by atoms with Crippen molar-refractivity contribution in [3.05, 3.63) is 29.8 Å². The molecule has 0 atom stereocenters. The number of nitrogens with one attached hydrogen (secondary N) is 2. The van der Waals surface area contributed by atoms with Gasteiger partial charge >= 0.3 is 6.18 Å². The molecule has 0 unspecified atom stereocenters. The molecule has 2 N–H and O–H groups in total. The number of halogens is 3. The third-order valence-corrected chi connectivity index (χ3v) is 5.26. The Bertz CT molecular complexity index is 832. The molecule has 1 amide bonds. The number of amides is 1. The largest absolute Gasteiger partial charge is 0.416 e. The Morgan fingerprint density at radius 3 is 2.38 bits per heavy atom. The highest BCUT2D eigenvalue weighted by Crippen LogP contribution is 2.30. The van der Waals surface area contributed by atoms with Gasteiger partial charge < -0.3 is 5.32 Å². The number of anilines is 2. The molecule has 0 aliphatic carbocycles. The van der Waals surface area contributed by atoms with Crippen LogP contribution in [-0.4, -0.2) is 24.5 Å². The number of sulfonamides is 1. The van der Waals surface area contributed by atoms with Crippen LogP contribution >= 0.6 is 11.3 Å². The predicted molar refractivity (Wildman–Crippen MR) is 81.1 cm³/mol. The van der Waals surface area contributed by atoms with Gasteiger partial charge in [-0.2, -0.15) is 21.6 Å². The molecule has 0 spiro atoms. The summed E-state index contributed by atoms with van der Waals surface area (Å²) in [6.07, 6.45) is -4.32. The summed E-state index contributed by atoms with van der Waals surface area (Å²) in [6, 6.07) is 3.48. The van der Waals surface area contributed by atoms with E-state index in [1.54, 1.807) is 6.92 Å². The van der Waals surface area contributed by atoms with E-state index in [4.69, 9.17) is 0 Å². The fourth-order valence-electron chi connectivity index (χ4n) is 1.50. The molecular formula is C12H11F3N4O3S2. The van der Waals surface area contributed by atoms with Crippen LogP contribution in [0.4, 0.5) is 24.0 Å². The second kappa shape index (κ2) is 6.73. The molecule has 1 aromatic carbocycles. The lowest BCUT2D eigenvalue weighted by Crippen LogP contribution is -2.13. The first kappa shape index (κ1) is 18.1. The third-order valence-electron chi connectivity index (χ3n) is 2.67. The van der Waals surface area contributed by atoms with Gasteiger partial charge in [-0.15, -0.1) is 10.2 Å². The average molecular weight is 380 g/mol. The van der Waals surface area contributed by atoms with Crippen LogP contribution in [0.2, 0.25) is 0 Å². The SMILES string of the molecule is CCC(=O)Nc1nnc(S(=O)(=O)Nc2ccc(C(F)(F)F)cc2)s1. The summed E-state index contributed by atoms with van der Waals surface area (Å²) in [6.45, 7) is 1.61. The highest BCUT2D eigenvalue weighted by molar-refractivity contribution is 7.94. The average Bonchev–Trinajstić information content (AvgIpc) is 2.95. The van der Waals surface area contributed by atoms with Crippen LogP contribution in [0.1, 0.15) is 18.9 Å². The van der Waals surface area contributed by atoms with Crippen molar-refractivity contribution in [3.63, 3.8) is 0 Å². The fourth-order valence-corrected chi connectivity index (χ4v) is 3.48. The van der Waals surface area contributed by atoms with Crippen molar-refractivity contribution in [2.45, 2.75) is 23.9 Å². The van der Waals surface area contributed by atoms with Crippen molar-refractivity contribution >= 4 is 38.1 Å². The lowest BCUT2D eigenvalue weighted by atomic mass is 10.2. The zero-order chi connectivity index (χ0) is 18.0. The number of carbonyl (C=O) groups excluding carboxylic acids is 1. The highest BCUT2D eigenvalue weighted by atomic mass is 32.2. The van der Waals surface area contributed by atoms with Gasteiger partial charge in [-0.1, -0.05) is 18.3 Å². The summed E-state index contributed by atoms with van der Waals surface area (Å²) in [5, 5.41) is 9.35. The molecule has 0 saturated heterocycles. The van der Waals surface area contributed by atoms with E-state index in [0.29, 0.717) is 11.3 Å². The van der Waals surface area contributed by atoms with Gasteiger partial charge in [0.25, 0.3) is 14.4 Å². The first-order valence-electron chi connectivity index (χ1n) is 6.45. The molecular weight excluding hydrogens is 369 g/mol. The number of benzene rings is 1. The number of hydrogen-bond donors (Lipinski definition) is 2. The molecule has 1 aromatic heterocycles. The summed E-state index contributed by atoms with van der Waals surface area (Å²) in [5.74, 6) is -0.356. The second-order valence-corrected chi connectivity index (χ2v) is 7.29. The molecule has 1 heterocycles. The Kier molecular flexibility index (Phi) is 5.08. The molecule has 0 fully saturated rings. The second-order valence-electron chi connectivity index (χ2n) is 4.46. The molecule has 12 heteroatoms. The van der Waals surface area contributed by atoms with E-state index in [0.717, 1.165) is 24.3 Å². The van der Waals surface area contributed by atoms with Crippen LogP contribution in [0, 0.1) is 0 Å².